The molecule has 1 saturated heterocycles. The molecule has 1 fully saturated rings. The molecule has 1 aliphatic rings. The van der Waals surface area contributed by atoms with E-state index < -0.39 is 23.9 Å². The predicted molar refractivity (Wildman–Crippen MR) is 111 cm³/mol. The number of benzene rings is 1. The highest BCUT2D eigenvalue weighted by Gasteiger charge is 2.34. The van der Waals surface area contributed by atoms with Crippen LogP contribution in [0.4, 0.5) is 13.9 Å². The molecule has 1 aliphatic heterocycles. The van der Waals surface area contributed by atoms with Crippen LogP contribution in [0.25, 0.3) is 10.3 Å². The van der Waals surface area contributed by atoms with Crippen LogP contribution in [0.1, 0.15) is 43.6 Å². The standard InChI is InChI=1S/C20H21F2N5O2S/c1-11(12-7-4-3-5-8-12)23-17(28)13-9-6-10-27(13)20-24-14-18(30-20)25-16(15(21)22)26(2)19(14)29/h3-5,7-8,11,13,15H,6,9-10H2,1-2H3,(H,23,28)/t11-,13-/m1/s1. The Morgan fingerprint density at radius 1 is 1.27 bits per heavy atom. The van der Waals surface area contributed by atoms with Gasteiger partial charge < -0.3 is 10.2 Å². The van der Waals surface area contributed by atoms with Crippen LogP contribution >= 0.6 is 11.3 Å². The van der Waals surface area contributed by atoms with Gasteiger partial charge in [-0.1, -0.05) is 41.7 Å². The lowest BCUT2D eigenvalue weighted by atomic mass is 10.1. The van der Waals surface area contributed by atoms with Crippen LogP contribution < -0.4 is 15.8 Å². The molecule has 0 bridgehead atoms. The molecule has 2 aromatic heterocycles. The minimum absolute atomic E-state index is 0.0469. The number of carbonyl (C=O) groups is 1. The number of fused-ring (bicyclic) bond motifs is 1. The molecule has 0 unspecified atom stereocenters. The van der Waals surface area contributed by atoms with Crippen molar-refractivity contribution < 1.29 is 13.6 Å². The van der Waals surface area contributed by atoms with Gasteiger partial charge >= 0.3 is 0 Å². The molecule has 3 aromatic rings. The van der Waals surface area contributed by atoms with Gasteiger partial charge in [0, 0.05) is 13.6 Å². The number of amides is 1. The molecule has 1 N–H and O–H groups in total. The number of halogens is 2. The van der Waals surface area contributed by atoms with Crippen molar-refractivity contribution in [2.75, 3.05) is 11.4 Å². The van der Waals surface area contributed by atoms with Gasteiger partial charge in [0.25, 0.3) is 12.0 Å². The van der Waals surface area contributed by atoms with Crippen LogP contribution in [0.3, 0.4) is 0 Å². The van der Waals surface area contributed by atoms with Crippen molar-refractivity contribution in [1.82, 2.24) is 19.9 Å². The van der Waals surface area contributed by atoms with Crippen molar-refractivity contribution in [3.05, 3.63) is 52.1 Å². The van der Waals surface area contributed by atoms with Crippen molar-refractivity contribution >= 4 is 32.7 Å². The van der Waals surface area contributed by atoms with Gasteiger partial charge in [0.05, 0.1) is 6.04 Å². The number of nitrogens with one attached hydrogen (secondary N) is 1. The largest absolute Gasteiger partial charge is 0.348 e. The number of nitrogens with zero attached hydrogens (tertiary/aromatic N) is 4. The second-order valence-electron chi connectivity index (χ2n) is 7.28. The molecule has 2 atom stereocenters. The molecule has 30 heavy (non-hydrogen) atoms. The quantitative estimate of drug-likeness (QED) is 0.669. The molecule has 0 spiro atoms. The second kappa shape index (κ2) is 8.10. The maximum atomic E-state index is 13.2. The van der Waals surface area contributed by atoms with Gasteiger partial charge in [0.1, 0.15) is 6.04 Å². The fourth-order valence-electron chi connectivity index (χ4n) is 3.68. The number of aromatic nitrogens is 3. The summed E-state index contributed by atoms with van der Waals surface area (Å²) in [6.45, 7) is 2.52. The Morgan fingerprint density at radius 2 is 2.00 bits per heavy atom. The van der Waals surface area contributed by atoms with Crippen LogP contribution in [0.15, 0.2) is 35.1 Å². The summed E-state index contributed by atoms with van der Waals surface area (Å²) >= 11 is 1.06. The average molecular weight is 433 g/mol. The van der Waals surface area contributed by atoms with Gasteiger partial charge in [0.2, 0.25) is 5.91 Å². The highest BCUT2D eigenvalue weighted by Crippen LogP contribution is 2.32. The Bertz CT molecular complexity index is 1130. The van der Waals surface area contributed by atoms with Gasteiger partial charge in [-0.2, -0.15) is 0 Å². The Labute approximate surface area is 175 Å². The van der Waals surface area contributed by atoms with E-state index in [9.17, 15) is 18.4 Å². The van der Waals surface area contributed by atoms with E-state index >= 15 is 0 Å². The summed E-state index contributed by atoms with van der Waals surface area (Å²) in [7, 11) is 1.26. The smallest absolute Gasteiger partial charge is 0.295 e. The first-order valence-corrected chi connectivity index (χ1v) is 10.5. The van der Waals surface area contributed by atoms with E-state index in [1.807, 2.05) is 42.2 Å². The maximum absolute atomic E-state index is 13.2. The molecule has 0 radical (unpaired) electrons. The highest BCUT2D eigenvalue weighted by atomic mass is 32.1. The SMILES string of the molecule is C[C@@H](NC(=O)[C@H]1CCCN1c1nc2c(=O)n(C)c(C(F)F)nc2s1)c1ccccc1. The molecular formula is C20H21F2N5O2S. The lowest BCUT2D eigenvalue weighted by molar-refractivity contribution is -0.122. The molecule has 4 rings (SSSR count). The van der Waals surface area contributed by atoms with Crippen molar-refractivity contribution in [2.24, 2.45) is 7.05 Å². The molecular weight excluding hydrogens is 412 g/mol. The summed E-state index contributed by atoms with van der Waals surface area (Å²) < 4.78 is 27.2. The summed E-state index contributed by atoms with van der Waals surface area (Å²) in [5.41, 5.74) is 0.434. The third-order valence-electron chi connectivity index (χ3n) is 5.32. The van der Waals surface area contributed by atoms with Gasteiger partial charge in [-0.15, -0.1) is 0 Å². The Morgan fingerprint density at radius 3 is 2.70 bits per heavy atom. The summed E-state index contributed by atoms with van der Waals surface area (Å²) in [5, 5.41) is 3.48. The zero-order chi connectivity index (χ0) is 21.4. The number of hydrogen-bond donors (Lipinski definition) is 1. The first-order chi connectivity index (χ1) is 14.4. The molecule has 1 aromatic carbocycles. The first-order valence-electron chi connectivity index (χ1n) is 9.64. The van der Waals surface area contributed by atoms with E-state index in [1.165, 1.54) is 7.05 Å². The van der Waals surface area contributed by atoms with Crippen molar-refractivity contribution in [3.63, 3.8) is 0 Å². The molecule has 158 valence electrons. The van der Waals surface area contributed by atoms with E-state index in [2.05, 4.69) is 15.3 Å². The maximum Gasteiger partial charge on any atom is 0.295 e. The third kappa shape index (κ3) is 3.67. The normalized spacial score (nSPS) is 17.6. The molecule has 0 saturated carbocycles. The predicted octanol–water partition coefficient (Wildman–Crippen LogP) is 3.17. The highest BCUT2D eigenvalue weighted by molar-refractivity contribution is 7.21. The zero-order valence-electron chi connectivity index (χ0n) is 16.5. The summed E-state index contributed by atoms with van der Waals surface area (Å²) in [4.78, 5) is 35.6. The summed E-state index contributed by atoms with van der Waals surface area (Å²) in [6.07, 6.45) is -1.42. The van der Waals surface area contributed by atoms with Crippen LogP contribution in [-0.4, -0.2) is 33.0 Å². The minimum atomic E-state index is -2.86. The number of rotatable bonds is 5. The lowest BCUT2D eigenvalue weighted by Crippen LogP contribution is -2.44. The van der Waals surface area contributed by atoms with Crippen molar-refractivity contribution in [1.29, 1.82) is 0 Å². The fraction of sp³-hybridized carbons (Fsp3) is 0.400. The van der Waals surface area contributed by atoms with E-state index in [-0.39, 0.29) is 22.3 Å². The number of alkyl halides is 2. The van der Waals surface area contributed by atoms with Crippen LogP contribution in [-0.2, 0) is 11.8 Å². The van der Waals surface area contributed by atoms with Gasteiger partial charge in [0.15, 0.2) is 21.3 Å². The Kier molecular flexibility index (Phi) is 5.50. The van der Waals surface area contributed by atoms with Crippen LogP contribution in [0.2, 0.25) is 0 Å². The van der Waals surface area contributed by atoms with Gasteiger partial charge in [-0.3, -0.25) is 14.2 Å². The molecule has 7 nitrogen and oxygen atoms in total. The average Bonchev–Trinajstić information content (AvgIpc) is 3.38. The Balaban J connectivity index is 1.60. The monoisotopic (exact) mass is 433 g/mol. The topological polar surface area (TPSA) is 80.1 Å². The lowest BCUT2D eigenvalue weighted by Gasteiger charge is -2.25. The second-order valence-corrected chi connectivity index (χ2v) is 8.23. The van der Waals surface area contributed by atoms with Crippen LogP contribution in [0, 0.1) is 0 Å². The van der Waals surface area contributed by atoms with Gasteiger partial charge in [-0.25, -0.2) is 18.7 Å². The summed E-state index contributed by atoms with van der Waals surface area (Å²) in [6, 6.07) is 9.07. The van der Waals surface area contributed by atoms with Crippen molar-refractivity contribution in [3.8, 4) is 0 Å². The number of anilines is 1. The minimum Gasteiger partial charge on any atom is -0.348 e. The molecule has 10 heteroatoms. The third-order valence-corrected chi connectivity index (χ3v) is 6.31. The van der Waals surface area contributed by atoms with E-state index in [0.717, 1.165) is 27.9 Å². The summed E-state index contributed by atoms with van der Waals surface area (Å²) in [5.74, 6) is -0.715. The van der Waals surface area contributed by atoms with E-state index in [1.54, 1.807) is 0 Å². The number of carbonyl (C=O) groups excluding carboxylic acids is 1. The zero-order valence-corrected chi connectivity index (χ0v) is 17.3. The van der Waals surface area contributed by atoms with Gasteiger partial charge in [-0.05, 0) is 25.3 Å². The van der Waals surface area contributed by atoms with Crippen molar-refractivity contribution in [2.45, 2.75) is 38.3 Å². The molecule has 1 amide bonds. The van der Waals surface area contributed by atoms with Crippen LogP contribution in [0.5, 0.6) is 0 Å². The van der Waals surface area contributed by atoms with E-state index in [0.29, 0.717) is 18.1 Å². The number of hydrogen-bond acceptors (Lipinski definition) is 6. The molecule has 3 heterocycles. The fourth-order valence-corrected chi connectivity index (χ4v) is 4.69. The Hall–Kier alpha value is -2.88. The van der Waals surface area contributed by atoms with E-state index in [4.69, 9.17) is 0 Å². The molecule has 0 aliphatic carbocycles. The number of thiazole rings is 1. The first kappa shape index (κ1) is 20.4.